The van der Waals surface area contributed by atoms with Crippen LogP contribution >= 0.6 is 0 Å². The maximum absolute atomic E-state index is 7.11. The van der Waals surface area contributed by atoms with Crippen molar-refractivity contribution in [3.63, 3.8) is 0 Å². The van der Waals surface area contributed by atoms with Crippen LogP contribution in [0.15, 0.2) is 168 Å². The zero-order chi connectivity index (χ0) is 47.7. The minimum Gasteiger partial charge on any atom is -0.455 e. The number of furan rings is 1. The Morgan fingerprint density at radius 2 is 0.882 bits per heavy atom. The third-order valence-corrected chi connectivity index (χ3v) is 14.7. The largest absolute Gasteiger partial charge is 0.455 e. The summed E-state index contributed by atoms with van der Waals surface area (Å²) in [5.41, 5.74) is 22.5. The zero-order valence-electron chi connectivity index (χ0n) is 42.0. The second kappa shape index (κ2) is 15.4. The fourth-order valence-electron chi connectivity index (χ4n) is 10.9. The van der Waals surface area contributed by atoms with Crippen molar-refractivity contribution in [1.82, 2.24) is 0 Å². The molecule has 0 unspecified atom stereocenters. The first kappa shape index (κ1) is 43.8. The van der Waals surface area contributed by atoms with Crippen molar-refractivity contribution in [2.75, 3.05) is 9.80 Å². The van der Waals surface area contributed by atoms with Crippen LogP contribution in [0.1, 0.15) is 105 Å². The van der Waals surface area contributed by atoms with E-state index < -0.39 is 0 Å². The Morgan fingerprint density at radius 3 is 1.49 bits per heavy atom. The Bertz CT molecular complexity index is 3440. The first-order valence-electron chi connectivity index (χ1n) is 24.5. The number of hydrogen-bond donors (Lipinski definition) is 0. The van der Waals surface area contributed by atoms with Crippen LogP contribution in [0.25, 0.3) is 44.2 Å². The van der Waals surface area contributed by atoms with Crippen molar-refractivity contribution in [3.8, 4) is 22.3 Å². The average molecular weight is 887 g/mol. The highest BCUT2D eigenvalue weighted by Crippen LogP contribution is 2.50. The third-order valence-electron chi connectivity index (χ3n) is 14.7. The fraction of sp³-hybridized carbons (Fsp3) is 0.250. The van der Waals surface area contributed by atoms with Crippen LogP contribution < -0.4 is 26.2 Å². The highest BCUT2D eigenvalue weighted by molar-refractivity contribution is 7.00. The van der Waals surface area contributed by atoms with Gasteiger partial charge in [-0.15, -0.1) is 0 Å². The molecule has 8 aromatic carbocycles. The van der Waals surface area contributed by atoms with Gasteiger partial charge in [-0.3, -0.25) is 0 Å². The highest BCUT2D eigenvalue weighted by Gasteiger charge is 2.45. The standard InChI is InChI=1S/C64H63BN2O/c1-61(2,3)42-28-32-45(33-29-42)66-54-34-30-43(62(4,5)6)38-51(54)65-52-39-44(63(7,8)9)31-35-55(52)67(57-37-41(36-56(66)58(57)65)40-20-14-13-15-21-40)53-27-17-16-22-46(53)47-23-18-24-48-49-25-19-26-50(64(10,11)12)60(49)68-59(47)48/h13-39H,1-12H3. The lowest BCUT2D eigenvalue weighted by atomic mass is 9.33. The smallest absolute Gasteiger partial charge is 0.252 e. The summed E-state index contributed by atoms with van der Waals surface area (Å²) in [6.07, 6.45) is 0. The lowest BCUT2D eigenvalue weighted by Gasteiger charge is -2.45. The average Bonchev–Trinajstić information content (AvgIpc) is 3.69. The van der Waals surface area contributed by atoms with Gasteiger partial charge < -0.3 is 14.2 Å². The monoisotopic (exact) mass is 887 g/mol. The molecule has 0 aliphatic carbocycles. The van der Waals surface area contributed by atoms with E-state index in [2.05, 4.69) is 257 Å². The van der Waals surface area contributed by atoms with E-state index in [1.807, 2.05) is 0 Å². The van der Waals surface area contributed by atoms with Crippen LogP contribution in [-0.2, 0) is 21.7 Å². The van der Waals surface area contributed by atoms with E-state index in [0.29, 0.717) is 0 Å². The molecule has 0 saturated heterocycles. The Morgan fingerprint density at radius 1 is 0.368 bits per heavy atom. The van der Waals surface area contributed by atoms with E-state index in [1.165, 1.54) is 72.5 Å². The number of para-hydroxylation sites is 3. The maximum atomic E-state index is 7.11. The molecule has 9 aromatic rings. The topological polar surface area (TPSA) is 19.6 Å². The normalized spacial score (nSPS) is 13.8. The summed E-state index contributed by atoms with van der Waals surface area (Å²) in [4.78, 5) is 5.14. The van der Waals surface area contributed by atoms with Gasteiger partial charge >= 0.3 is 0 Å². The molecule has 1 aromatic heterocycles. The summed E-state index contributed by atoms with van der Waals surface area (Å²) < 4.78 is 7.11. The predicted molar refractivity (Wildman–Crippen MR) is 293 cm³/mol. The van der Waals surface area contributed by atoms with Crippen LogP contribution in [0, 0.1) is 0 Å². The van der Waals surface area contributed by atoms with Gasteiger partial charge in [0.15, 0.2) is 0 Å². The molecule has 0 bridgehead atoms. The number of hydrogen-bond acceptors (Lipinski definition) is 3. The second-order valence-corrected chi connectivity index (χ2v) is 23.5. The minimum atomic E-state index is -0.0803. The number of fused-ring (bicyclic) bond motifs is 7. The molecule has 0 fully saturated rings. The van der Waals surface area contributed by atoms with E-state index in [9.17, 15) is 0 Å². The lowest BCUT2D eigenvalue weighted by Crippen LogP contribution is -2.61. The van der Waals surface area contributed by atoms with Crippen LogP contribution in [-0.4, -0.2) is 6.71 Å². The van der Waals surface area contributed by atoms with Crippen molar-refractivity contribution in [1.29, 1.82) is 0 Å². The molecular weight excluding hydrogens is 824 g/mol. The molecule has 11 rings (SSSR count). The van der Waals surface area contributed by atoms with Gasteiger partial charge in [-0.05, 0) is 108 Å². The fourth-order valence-corrected chi connectivity index (χ4v) is 10.9. The van der Waals surface area contributed by atoms with E-state index in [0.717, 1.165) is 44.4 Å². The van der Waals surface area contributed by atoms with Gasteiger partial charge in [0.05, 0.1) is 5.69 Å². The third kappa shape index (κ3) is 7.09. The summed E-state index contributed by atoms with van der Waals surface area (Å²) >= 11 is 0. The van der Waals surface area contributed by atoms with Gasteiger partial charge in [0, 0.05) is 55.9 Å². The molecule has 0 radical (unpaired) electrons. The van der Waals surface area contributed by atoms with Crippen LogP contribution in [0.5, 0.6) is 0 Å². The van der Waals surface area contributed by atoms with Gasteiger partial charge in [0.1, 0.15) is 11.2 Å². The molecule has 0 N–H and O–H groups in total. The second-order valence-electron chi connectivity index (χ2n) is 23.5. The van der Waals surface area contributed by atoms with Crippen LogP contribution in [0.2, 0.25) is 0 Å². The minimum absolute atomic E-state index is 0.0254. The summed E-state index contributed by atoms with van der Waals surface area (Å²) in [6.45, 7) is 27.7. The van der Waals surface area contributed by atoms with Crippen LogP contribution in [0.3, 0.4) is 0 Å². The molecule has 338 valence electrons. The molecule has 4 heteroatoms. The molecule has 3 heterocycles. The first-order chi connectivity index (χ1) is 32.3. The summed E-state index contributed by atoms with van der Waals surface area (Å²) in [7, 11) is 0. The quantitative estimate of drug-likeness (QED) is 0.164. The van der Waals surface area contributed by atoms with Crippen molar-refractivity contribution < 1.29 is 4.42 Å². The molecule has 0 saturated carbocycles. The Hall–Kier alpha value is -6.78. The highest BCUT2D eigenvalue weighted by atomic mass is 16.3. The molecule has 2 aliphatic rings. The summed E-state index contributed by atoms with van der Waals surface area (Å²) in [6, 6.07) is 62.1. The van der Waals surface area contributed by atoms with E-state index in [1.54, 1.807) is 0 Å². The molecular formula is C64H63BN2O. The Labute approximate surface area is 404 Å². The number of anilines is 6. The molecule has 0 amide bonds. The van der Waals surface area contributed by atoms with Crippen molar-refractivity contribution in [3.05, 3.63) is 186 Å². The molecule has 2 aliphatic heterocycles. The van der Waals surface area contributed by atoms with Gasteiger partial charge in [-0.1, -0.05) is 204 Å². The molecule has 0 spiro atoms. The van der Waals surface area contributed by atoms with Gasteiger partial charge in [0.25, 0.3) is 6.71 Å². The van der Waals surface area contributed by atoms with Crippen molar-refractivity contribution in [2.45, 2.75) is 105 Å². The van der Waals surface area contributed by atoms with Crippen molar-refractivity contribution >= 4 is 79.2 Å². The van der Waals surface area contributed by atoms with E-state index >= 15 is 0 Å². The Balaban J connectivity index is 1.25. The lowest BCUT2D eigenvalue weighted by molar-refractivity contribution is 0.573. The van der Waals surface area contributed by atoms with E-state index in [-0.39, 0.29) is 28.4 Å². The first-order valence-corrected chi connectivity index (χ1v) is 24.5. The summed E-state index contributed by atoms with van der Waals surface area (Å²) in [5.74, 6) is 0. The molecule has 3 nitrogen and oxygen atoms in total. The Kier molecular flexibility index (Phi) is 9.90. The number of nitrogens with zero attached hydrogens (tertiary/aromatic N) is 2. The van der Waals surface area contributed by atoms with Gasteiger partial charge in [-0.25, -0.2) is 0 Å². The van der Waals surface area contributed by atoms with Gasteiger partial charge in [0.2, 0.25) is 0 Å². The van der Waals surface area contributed by atoms with E-state index in [4.69, 9.17) is 4.42 Å². The SMILES string of the molecule is CC(C)(C)c1ccc(N2c3ccc(C(C)(C)C)cc3B3c4cc(C(C)(C)C)ccc4N(c4ccccc4-c4cccc5c4oc4c(C(C)(C)C)cccc45)c4cc(-c5ccccc5)cc2c43)cc1. The molecule has 68 heavy (non-hydrogen) atoms. The number of rotatable bonds is 4. The summed E-state index contributed by atoms with van der Waals surface area (Å²) in [5, 5.41) is 2.29. The number of benzene rings is 8. The predicted octanol–water partition coefficient (Wildman–Crippen LogP) is 16.2. The van der Waals surface area contributed by atoms with Crippen LogP contribution in [0.4, 0.5) is 34.1 Å². The maximum Gasteiger partial charge on any atom is 0.252 e. The van der Waals surface area contributed by atoms with Crippen molar-refractivity contribution in [2.24, 2.45) is 0 Å². The van der Waals surface area contributed by atoms with Gasteiger partial charge in [-0.2, -0.15) is 0 Å². The zero-order valence-corrected chi connectivity index (χ0v) is 42.0. The molecule has 0 atom stereocenters.